The van der Waals surface area contributed by atoms with Crippen molar-refractivity contribution in [1.82, 2.24) is 19.5 Å². The van der Waals surface area contributed by atoms with Gasteiger partial charge in [-0.1, -0.05) is 0 Å². The number of fused-ring (bicyclic) bond motifs is 1. The van der Waals surface area contributed by atoms with E-state index in [-0.39, 0.29) is 35.3 Å². The molecule has 13 heteroatoms. The smallest absolute Gasteiger partial charge is 0.320 e. The van der Waals surface area contributed by atoms with Gasteiger partial charge in [0, 0.05) is 12.1 Å². The van der Waals surface area contributed by atoms with Gasteiger partial charge in [0.05, 0.1) is 17.9 Å². The summed E-state index contributed by atoms with van der Waals surface area (Å²) in [4.78, 5) is 22.6. The normalized spacial score (nSPS) is 23.7. The van der Waals surface area contributed by atoms with E-state index in [1.165, 1.54) is 23.0 Å². The van der Waals surface area contributed by atoms with E-state index in [0.717, 1.165) is 0 Å². The molecule has 1 aliphatic rings. The zero-order valence-electron chi connectivity index (χ0n) is 15.4. The first kappa shape index (κ1) is 19.9. The lowest BCUT2D eigenvalue weighted by molar-refractivity contribution is -0.384. The minimum atomic E-state index is -1.32. The third-order valence-electron chi connectivity index (χ3n) is 4.73. The Bertz CT molecular complexity index is 1070. The Balaban J connectivity index is 1.58. The van der Waals surface area contributed by atoms with Crippen LogP contribution in [0.1, 0.15) is 11.8 Å². The summed E-state index contributed by atoms with van der Waals surface area (Å²) in [5.41, 5.74) is 7.00. The first-order chi connectivity index (χ1) is 14.4. The van der Waals surface area contributed by atoms with Gasteiger partial charge in [0.15, 0.2) is 23.2 Å². The van der Waals surface area contributed by atoms with Crippen molar-refractivity contribution in [2.24, 2.45) is 0 Å². The topological polar surface area (TPSA) is 192 Å². The number of aromatic nitrogens is 4. The third-order valence-corrected chi connectivity index (χ3v) is 4.73. The van der Waals surface area contributed by atoms with Gasteiger partial charge >= 0.3 is 6.01 Å². The van der Waals surface area contributed by atoms with Gasteiger partial charge < -0.3 is 30.5 Å². The Morgan fingerprint density at radius 3 is 2.60 bits per heavy atom. The number of anilines is 1. The number of aliphatic hydroxyl groups is 3. The Hall–Kier alpha value is -3.39. The molecule has 0 amide bonds. The van der Waals surface area contributed by atoms with Crippen LogP contribution >= 0.6 is 0 Å². The van der Waals surface area contributed by atoms with Crippen LogP contribution in [0.15, 0.2) is 30.6 Å². The summed E-state index contributed by atoms with van der Waals surface area (Å²) in [6.07, 6.45) is -3.27. The minimum Gasteiger partial charge on any atom is -0.458 e. The second-order valence-corrected chi connectivity index (χ2v) is 6.66. The minimum absolute atomic E-state index is 0.0317. The monoisotopic (exact) mass is 418 g/mol. The maximum Gasteiger partial charge on any atom is 0.320 e. The molecule has 1 aliphatic heterocycles. The van der Waals surface area contributed by atoms with Crippen molar-refractivity contribution in [3.8, 4) is 6.01 Å². The number of benzene rings is 1. The molecule has 158 valence electrons. The maximum absolute atomic E-state index is 10.7. The Labute approximate surface area is 168 Å². The van der Waals surface area contributed by atoms with E-state index in [0.29, 0.717) is 5.56 Å². The van der Waals surface area contributed by atoms with Crippen LogP contribution in [-0.4, -0.2) is 64.7 Å². The van der Waals surface area contributed by atoms with Crippen LogP contribution in [0.3, 0.4) is 0 Å². The summed E-state index contributed by atoms with van der Waals surface area (Å²) in [6.45, 7) is -0.437. The molecule has 0 bridgehead atoms. The molecular formula is C17H18N6O7. The Kier molecular flexibility index (Phi) is 5.17. The number of aliphatic hydroxyl groups excluding tert-OH is 3. The van der Waals surface area contributed by atoms with Crippen LogP contribution in [0.5, 0.6) is 6.01 Å². The summed E-state index contributed by atoms with van der Waals surface area (Å²) in [7, 11) is 0. The quantitative estimate of drug-likeness (QED) is 0.298. The van der Waals surface area contributed by atoms with Crippen LogP contribution < -0.4 is 10.5 Å². The fourth-order valence-corrected chi connectivity index (χ4v) is 3.14. The fourth-order valence-electron chi connectivity index (χ4n) is 3.14. The molecule has 0 spiro atoms. The number of nitrogens with zero attached hydrogens (tertiary/aromatic N) is 5. The number of imidazole rings is 1. The predicted molar refractivity (Wildman–Crippen MR) is 100 cm³/mol. The largest absolute Gasteiger partial charge is 0.458 e. The number of hydrogen-bond acceptors (Lipinski definition) is 11. The number of ether oxygens (including phenoxy) is 2. The molecule has 1 fully saturated rings. The van der Waals surface area contributed by atoms with Crippen molar-refractivity contribution in [3.63, 3.8) is 0 Å². The fraction of sp³-hybridized carbons (Fsp3) is 0.353. The second kappa shape index (κ2) is 7.79. The number of rotatable bonds is 6. The number of nitrogen functional groups attached to an aromatic ring is 1. The molecular weight excluding hydrogens is 400 g/mol. The molecule has 3 aromatic rings. The van der Waals surface area contributed by atoms with Gasteiger partial charge in [-0.2, -0.15) is 9.97 Å². The number of nitro benzene ring substituents is 1. The second-order valence-electron chi connectivity index (χ2n) is 6.66. The highest BCUT2D eigenvalue weighted by Crippen LogP contribution is 2.32. The average Bonchev–Trinajstić information content (AvgIpc) is 3.28. The van der Waals surface area contributed by atoms with E-state index in [1.54, 1.807) is 12.1 Å². The molecule has 5 N–H and O–H groups in total. The molecule has 13 nitrogen and oxygen atoms in total. The molecule has 4 rings (SSSR count). The van der Waals surface area contributed by atoms with Crippen LogP contribution in [0.2, 0.25) is 0 Å². The summed E-state index contributed by atoms with van der Waals surface area (Å²) >= 11 is 0. The van der Waals surface area contributed by atoms with Crippen molar-refractivity contribution in [3.05, 3.63) is 46.3 Å². The summed E-state index contributed by atoms with van der Waals surface area (Å²) in [6, 6.07) is 5.72. The van der Waals surface area contributed by atoms with Crippen LogP contribution in [0, 0.1) is 10.1 Å². The van der Waals surface area contributed by atoms with Gasteiger partial charge in [0.25, 0.3) is 5.69 Å². The molecule has 0 saturated carbocycles. The number of non-ortho nitro benzene ring substituents is 1. The van der Waals surface area contributed by atoms with Crippen molar-refractivity contribution in [1.29, 1.82) is 0 Å². The molecule has 1 saturated heterocycles. The van der Waals surface area contributed by atoms with Crippen molar-refractivity contribution < 1.29 is 29.7 Å². The predicted octanol–water partition coefficient (Wildman–Crippen LogP) is -0.493. The summed E-state index contributed by atoms with van der Waals surface area (Å²) in [5, 5.41) is 40.2. The van der Waals surface area contributed by atoms with Crippen LogP contribution in [-0.2, 0) is 11.3 Å². The Morgan fingerprint density at radius 1 is 1.23 bits per heavy atom. The molecule has 1 aromatic carbocycles. The van der Waals surface area contributed by atoms with E-state index in [2.05, 4.69) is 15.0 Å². The highest BCUT2D eigenvalue weighted by atomic mass is 16.6. The van der Waals surface area contributed by atoms with Gasteiger partial charge in [-0.15, -0.1) is 0 Å². The van der Waals surface area contributed by atoms with Gasteiger partial charge in [0.2, 0.25) is 0 Å². The third kappa shape index (κ3) is 3.50. The molecule has 0 radical (unpaired) electrons. The number of nitrogens with two attached hydrogens (primary N) is 1. The molecule has 0 aliphatic carbocycles. The first-order valence-corrected chi connectivity index (χ1v) is 8.87. The highest BCUT2D eigenvalue weighted by molar-refractivity contribution is 5.82. The van der Waals surface area contributed by atoms with Crippen molar-refractivity contribution >= 4 is 22.7 Å². The molecule has 4 atom stereocenters. The van der Waals surface area contributed by atoms with E-state index in [1.807, 2.05) is 0 Å². The Morgan fingerprint density at radius 2 is 1.97 bits per heavy atom. The molecule has 30 heavy (non-hydrogen) atoms. The highest BCUT2D eigenvalue weighted by Gasteiger charge is 2.44. The number of nitro groups is 1. The lowest BCUT2D eigenvalue weighted by Crippen LogP contribution is -2.33. The average molecular weight is 418 g/mol. The van der Waals surface area contributed by atoms with Crippen molar-refractivity contribution in [2.75, 3.05) is 12.3 Å². The van der Waals surface area contributed by atoms with Crippen LogP contribution in [0.4, 0.5) is 11.5 Å². The number of hydrogen-bond donors (Lipinski definition) is 4. The maximum atomic E-state index is 10.7. The van der Waals surface area contributed by atoms with Crippen LogP contribution in [0.25, 0.3) is 11.2 Å². The molecule has 4 unspecified atom stereocenters. The van der Waals surface area contributed by atoms with Gasteiger partial charge in [0.1, 0.15) is 24.9 Å². The van der Waals surface area contributed by atoms with E-state index in [9.17, 15) is 25.4 Å². The lowest BCUT2D eigenvalue weighted by Gasteiger charge is -2.16. The molecule has 2 aromatic heterocycles. The van der Waals surface area contributed by atoms with Crippen molar-refractivity contribution in [2.45, 2.75) is 31.1 Å². The zero-order chi connectivity index (χ0) is 21.4. The SMILES string of the molecule is Nc1nc(OCc2ccc([N+](=O)[O-])cc2)nc2c1ncn2C1OC(CO)C(O)C1O. The van der Waals surface area contributed by atoms with Gasteiger partial charge in [-0.25, -0.2) is 4.98 Å². The first-order valence-electron chi connectivity index (χ1n) is 8.87. The van der Waals surface area contributed by atoms with E-state index in [4.69, 9.17) is 15.2 Å². The van der Waals surface area contributed by atoms with Gasteiger partial charge in [-0.3, -0.25) is 14.7 Å². The standard InChI is InChI=1S/C17H18N6O7/c18-14-11-15(22(7-19-11)16-13(26)12(25)10(5-24)30-16)21-17(20-14)29-6-8-1-3-9(4-2-8)23(27)28/h1-4,7,10,12-13,16,24-26H,5-6H2,(H2,18,20,21). The van der Waals surface area contributed by atoms with E-state index >= 15 is 0 Å². The molecule has 3 heterocycles. The summed E-state index contributed by atoms with van der Waals surface area (Å²) in [5.74, 6) is 0.0317. The van der Waals surface area contributed by atoms with Gasteiger partial charge in [-0.05, 0) is 17.7 Å². The van der Waals surface area contributed by atoms with E-state index < -0.39 is 36.1 Å². The summed E-state index contributed by atoms with van der Waals surface area (Å²) < 4.78 is 12.4. The zero-order valence-corrected chi connectivity index (χ0v) is 15.4. The lowest BCUT2D eigenvalue weighted by atomic mass is 10.1.